The van der Waals surface area contributed by atoms with Crippen molar-refractivity contribution in [2.75, 3.05) is 11.9 Å². The number of hydrogen-bond acceptors (Lipinski definition) is 4. The molecule has 27 heavy (non-hydrogen) atoms. The molecule has 0 fully saturated rings. The van der Waals surface area contributed by atoms with Crippen LogP contribution in [0.15, 0.2) is 42.5 Å². The zero-order valence-electron chi connectivity index (χ0n) is 15.0. The summed E-state index contributed by atoms with van der Waals surface area (Å²) in [6.07, 6.45) is -0.0277. The molecule has 2 N–H and O–H groups in total. The zero-order chi connectivity index (χ0) is 19.6. The van der Waals surface area contributed by atoms with E-state index in [-0.39, 0.29) is 35.8 Å². The van der Waals surface area contributed by atoms with Crippen LogP contribution in [0, 0.1) is 13.8 Å². The van der Waals surface area contributed by atoms with E-state index in [0.29, 0.717) is 11.1 Å². The van der Waals surface area contributed by atoms with Gasteiger partial charge in [0.15, 0.2) is 5.11 Å². The van der Waals surface area contributed by atoms with E-state index in [2.05, 4.69) is 10.6 Å². The SMILES string of the molecule is Cc1cccc(C)c1NC(=S)NC(=O)CCN1C(=O)c2ccccc2C1=O. The number of carbonyl (C=O) groups excluding carboxylic acids is 3. The predicted molar refractivity (Wildman–Crippen MR) is 107 cm³/mol. The molecule has 0 unspecified atom stereocenters. The molecule has 0 spiro atoms. The summed E-state index contributed by atoms with van der Waals surface area (Å²) in [5, 5.41) is 5.79. The summed E-state index contributed by atoms with van der Waals surface area (Å²) in [6.45, 7) is 3.90. The van der Waals surface area contributed by atoms with Gasteiger partial charge in [0, 0.05) is 18.7 Å². The second-order valence-electron chi connectivity index (χ2n) is 6.33. The van der Waals surface area contributed by atoms with Crippen LogP contribution in [0.5, 0.6) is 0 Å². The highest BCUT2D eigenvalue weighted by Crippen LogP contribution is 2.22. The molecule has 3 rings (SSSR count). The Kier molecular flexibility index (Phi) is 5.32. The summed E-state index contributed by atoms with van der Waals surface area (Å²) in [7, 11) is 0. The lowest BCUT2D eigenvalue weighted by Gasteiger charge is -2.16. The third-order valence-electron chi connectivity index (χ3n) is 4.41. The topological polar surface area (TPSA) is 78.5 Å². The highest BCUT2D eigenvalue weighted by Gasteiger charge is 2.34. The van der Waals surface area contributed by atoms with Gasteiger partial charge < -0.3 is 10.6 Å². The smallest absolute Gasteiger partial charge is 0.261 e. The Balaban J connectivity index is 1.55. The number of carbonyl (C=O) groups is 3. The van der Waals surface area contributed by atoms with Crippen molar-refractivity contribution < 1.29 is 14.4 Å². The number of thiocarbonyl (C=S) groups is 1. The molecule has 6 nitrogen and oxygen atoms in total. The molecule has 0 aliphatic carbocycles. The summed E-state index contributed by atoms with van der Waals surface area (Å²) in [5.74, 6) is -1.12. The molecule has 0 saturated heterocycles. The quantitative estimate of drug-likeness (QED) is 0.629. The zero-order valence-corrected chi connectivity index (χ0v) is 15.9. The number of aryl methyl sites for hydroxylation is 2. The molecule has 0 bridgehead atoms. The van der Waals surface area contributed by atoms with E-state index in [1.54, 1.807) is 24.3 Å². The maximum atomic E-state index is 12.3. The standard InChI is InChI=1S/C20H19N3O3S/c1-12-6-5-7-13(2)17(12)22-20(27)21-16(24)10-11-23-18(25)14-8-3-4-9-15(14)19(23)26/h3-9H,10-11H2,1-2H3,(H2,21,22,24,27). The third kappa shape index (κ3) is 3.88. The van der Waals surface area contributed by atoms with Crippen LogP contribution >= 0.6 is 12.2 Å². The molecule has 2 aromatic carbocycles. The monoisotopic (exact) mass is 381 g/mol. The third-order valence-corrected chi connectivity index (χ3v) is 4.62. The molecule has 1 aliphatic rings. The van der Waals surface area contributed by atoms with Crippen molar-refractivity contribution in [2.45, 2.75) is 20.3 Å². The fourth-order valence-electron chi connectivity index (χ4n) is 3.00. The summed E-state index contributed by atoms with van der Waals surface area (Å²) in [6, 6.07) is 12.5. The van der Waals surface area contributed by atoms with Gasteiger partial charge in [0.25, 0.3) is 11.8 Å². The fraction of sp³-hybridized carbons (Fsp3) is 0.200. The number of hydrogen-bond donors (Lipinski definition) is 2. The van der Waals surface area contributed by atoms with Crippen molar-refractivity contribution in [2.24, 2.45) is 0 Å². The molecule has 7 heteroatoms. The number of nitrogens with zero attached hydrogens (tertiary/aromatic N) is 1. The molecule has 3 amide bonds. The van der Waals surface area contributed by atoms with Crippen molar-refractivity contribution in [1.82, 2.24) is 10.2 Å². The Morgan fingerprint density at radius 1 is 0.963 bits per heavy atom. The van der Waals surface area contributed by atoms with Crippen molar-refractivity contribution in [1.29, 1.82) is 0 Å². The number of nitrogens with one attached hydrogen (secondary N) is 2. The van der Waals surface area contributed by atoms with Crippen LogP contribution in [0.4, 0.5) is 5.69 Å². The van der Waals surface area contributed by atoms with Gasteiger partial charge in [0.1, 0.15) is 0 Å². The number of anilines is 1. The lowest BCUT2D eigenvalue weighted by molar-refractivity contribution is -0.119. The Morgan fingerprint density at radius 2 is 1.52 bits per heavy atom. The maximum absolute atomic E-state index is 12.3. The first-order chi connectivity index (χ1) is 12.9. The molecule has 0 radical (unpaired) electrons. The minimum Gasteiger partial charge on any atom is -0.332 e. The lowest BCUT2D eigenvalue weighted by atomic mass is 10.1. The van der Waals surface area contributed by atoms with Crippen LogP contribution < -0.4 is 10.6 Å². The Bertz CT molecular complexity index is 900. The van der Waals surface area contributed by atoms with E-state index in [9.17, 15) is 14.4 Å². The minimum atomic E-state index is -0.375. The molecule has 2 aromatic rings. The summed E-state index contributed by atoms with van der Waals surface area (Å²) in [4.78, 5) is 37.8. The summed E-state index contributed by atoms with van der Waals surface area (Å²) < 4.78 is 0. The average Bonchev–Trinajstić information content (AvgIpc) is 2.88. The number of para-hydroxylation sites is 1. The summed E-state index contributed by atoms with van der Waals surface area (Å²) >= 11 is 5.19. The van der Waals surface area contributed by atoms with E-state index >= 15 is 0 Å². The van der Waals surface area contributed by atoms with Gasteiger partial charge in [-0.15, -0.1) is 0 Å². The number of imide groups is 1. The first-order valence-electron chi connectivity index (χ1n) is 8.50. The number of fused-ring (bicyclic) bond motifs is 1. The van der Waals surface area contributed by atoms with Crippen molar-refractivity contribution in [3.8, 4) is 0 Å². The molecule has 0 saturated carbocycles. The largest absolute Gasteiger partial charge is 0.332 e. The number of amides is 3. The Morgan fingerprint density at radius 3 is 2.07 bits per heavy atom. The van der Waals surface area contributed by atoms with Crippen LogP contribution in [0.2, 0.25) is 0 Å². The van der Waals surface area contributed by atoms with Crippen LogP contribution in [0.3, 0.4) is 0 Å². The molecule has 1 heterocycles. The lowest BCUT2D eigenvalue weighted by Crippen LogP contribution is -2.38. The van der Waals surface area contributed by atoms with Gasteiger partial charge >= 0.3 is 0 Å². The second-order valence-corrected chi connectivity index (χ2v) is 6.73. The average molecular weight is 381 g/mol. The van der Waals surface area contributed by atoms with E-state index in [0.717, 1.165) is 21.7 Å². The molecular formula is C20H19N3O3S. The maximum Gasteiger partial charge on any atom is 0.261 e. The first kappa shape index (κ1) is 18.7. The fourth-order valence-corrected chi connectivity index (χ4v) is 3.22. The van der Waals surface area contributed by atoms with E-state index < -0.39 is 0 Å². The van der Waals surface area contributed by atoms with Gasteiger partial charge in [-0.3, -0.25) is 19.3 Å². The van der Waals surface area contributed by atoms with Crippen LogP contribution in [-0.4, -0.2) is 34.3 Å². The highest BCUT2D eigenvalue weighted by atomic mass is 32.1. The predicted octanol–water partition coefficient (Wildman–Crippen LogP) is 2.80. The van der Waals surface area contributed by atoms with Crippen molar-refractivity contribution >= 4 is 40.7 Å². The van der Waals surface area contributed by atoms with Gasteiger partial charge in [-0.05, 0) is 49.3 Å². The van der Waals surface area contributed by atoms with E-state index in [1.807, 2.05) is 32.0 Å². The van der Waals surface area contributed by atoms with Crippen molar-refractivity contribution in [3.05, 3.63) is 64.7 Å². The molecule has 0 atom stereocenters. The second kappa shape index (κ2) is 7.67. The first-order valence-corrected chi connectivity index (χ1v) is 8.91. The Labute approximate surface area is 162 Å². The van der Waals surface area contributed by atoms with E-state index in [1.165, 1.54) is 0 Å². The number of rotatable bonds is 4. The van der Waals surface area contributed by atoms with E-state index in [4.69, 9.17) is 12.2 Å². The Hall–Kier alpha value is -3.06. The molecule has 1 aliphatic heterocycles. The number of benzene rings is 2. The highest BCUT2D eigenvalue weighted by molar-refractivity contribution is 7.80. The minimum absolute atomic E-state index is 0.00415. The normalized spacial score (nSPS) is 12.7. The molecule has 0 aromatic heterocycles. The van der Waals surface area contributed by atoms with Crippen molar-refractivity contribution in [3.63, 3.8) is 0 Å². The van der Waals surface area contributed by atoms with Gasteiger partial charge in [-0.2, -0.15) is 0 Å². The van der Waals surface area contributed by atoms with Gasteiger partial charge in [-0.25, -0.2) is 0 Å². The summed E-state index contributed by atoms with van der Waals surface area (Å²) in [5.41, 5.74) is 3.61. The van der Waals surface area contributed by atoms with Crippen LogP contribution in [0.25, 0.3) is 0 Å². The van der Waals surface area contributed by atoms with Crippen LogP contribution in [0.1, 0.15) is 38.3 Å². The van der Waals surface area contributed by atoms with Gasteiger partial charge in [-0.1, -0.05) is 30.3 Å². The van der Waals surface area contributed by atoms with Gasteiger partial charge in [0.05, 0.1) is 11.1 Å². The van der Waals surface area contributed by atoms with Gasteiger partial charge in [0.2, 0.25) is 5.91 Å². The van der Waals surface area contributed by atoms with Crippen LogP contribution in [-0.2, 0) is 4.79 Å². The molecular weight excluding hydrogens is 362 g/mol. The molecule has 138 valence electrons.